The SMILES string of the molecule is Cc1cc(C)n(-c2ccc(CN=C(N)NCCc3cccs3)cn2)n1.I. The minimum atomic E-state index is 0. The van der Waals surface area contributed by atoms with Crippen molar-refractivity contribution in [1.82, 2.24) is 20.1 Å². The number of rotatable bonds is 6. The number of aliphatic imine (C=N–C) groups is 1. The lowest BCUT2D eigenvalue weighted by Gasteiger charge is -2.06. The summed E-state index contributed by atoms with van der Waals surface area (Å²) in [5.41, 5.74) is 8.97. The summed E-state index contributed by atoms with van der Waals surface area (Å²) in [6.45, 7) is 5.27. The molecule has 3 heterocycles. The predicted octanol–water partition coefficient (Wildman–Crippen LogP) is 3.21. The molecule has 0 aliphatic heterocycles. The Morgan fingerprint density at radius 3 is 2.77 bits per heavy atom. The van der Waals surface area contributed by atoms with Gasteiger partial charge in [-0.25, -0.2) is 14.7 Å². The molecule has 138 valence electrons. The predicted molar refractivity (Wildman–Crippen MR) is 118 cm³/mol. The molecule has 0 amide bonds. The van der Waals surface area contributed by atoms with Crippen molar-refractivity contribution in [3.63, 3.8) is 0 Å². The molecule has 8 heteroatoms. The van der Waals surface area contributed by atoms with E-state index in [0.717, 1.165) is 35.7 Å². The number of hydrogen-bond acceptors (Lipinski definition) is 4. The number of nitrogens with zero attached hydrogens (tertiary/aromatic N) is 4. The van der Waals surface area contributed by atoms with Gasteiger partial charge in [0.2, 0.25) is 0 Å². The van der Waals surface area contributed by atoms with Crippen LogP contribution in [-0.2, 0) is 13.0 Å². The van der Waals surface area contributed by atoms with Crippen LogP contribution in [0.4, 0.5) is 0 Å². The van der Waals surface area contributed by atoms with Gasteiger partial charge in [0.05, 0.1) is 12.2 Å². The molecular weight excluding hydrogens is 459 g/mol. The summed E-state index contributed by atoms with van der Waals surface area (Å²) in [5, 5.41) is 9.65. The zero-order valence-electron chi connectivity index (χ0n) is 14.8. The van der Waals surface area contributed by atoms with Gasteiger partial charge in [0.1, 0.15) is 0 Å². The topological polar surface area (TPSA) is 81.1 Å². The molecule has 0 unspecified atom stereocenters. The number of nitrogens with one attached hydrogen (secondary N) is 1. The van der Waals surface area contributed by atoms with Crippen molar-refractivity contribution in [1.29, 1.82) is 0 Å². The third-order valence-electron chi connectivity index (χ3n) is 3.73. The summed E-state index contributed by atoms with van der Waals surface area (Å²) in [4.78, 5) is 10.2. The molecule has 0 saturated heterocycles. The van der Waals surface area contributed by atoms with Crippen LogP contribution in [0.2, 0.25) is 0 Å². The Hall–Kier alpha value is -1.94. The lowest BCUT2D eigenvalue weighted by atomic mass is 10.3. The van der Waals surface area contributed by atoms with E-state index < -0.39 is 0 Å². The first kappa shape index (κ1) is 20.4. The Morgan fingerprint density at radius 1 is 1.31 bits per heavy atom. The van der Waals surface area contributed by atoms with Gasteiger partial charge in [-0.1, -0.05) is 12.1 Å². The Bertz CT molecular complexity index is 839. The average molecular weight is 482 g/mol. The van der Waals surface area contributed by atoms with E-state index >= 15 is 0 Å². The number of nitrogens with two attached hydrogens (primary N) is 1. The smallest absolute Gasteiger partial charge is 0.188 e. The van der Waals surface area contributed by atoms with Gasteiger partial charge in [-0.2, -0.15) is 5.10 Å². The van der Waals surface area contributed by atoms with E-state index in [2.05, 4.69) is 37.9 Å². The zero-order chi connectivity index (χ0) is 17.6. The molecule has 6 nitrogen and oxygen atoms in total. The summed E-state index contributed by atoms with van der Waals surface area (Å²) >= 11 is 1.75. The minimum Gasteiger partial charge on any atom is -0.370 e. The Balaban J connectivity index is 0.00000243. The fraction of sp³-hybridized carbons (Fsp3) is 0.278. The number of aromatic nitrogens is 3. The highest BCUT2D eigenvalue weighted by molar-refractivity contribution is 14.0. The van der Waals surface area contributed by atoms with Crippen LogP contribution in [0.1, 0.15) is 21.8 Å². The van der Waals surface area contributed by atoms with Crippen LogP contribution >= 0.6 is 35.3 Å². The van der Waals surface area contributed by atoms with Crippen molar-refractivity contribution in [2.45, 2.75) is 26.8 Å². The van der Waals surface area contributed by atoms with Gasteiger partial charge < -0.3 is 11.1 Å². The summed E-state index contributed by atoms with van der Waals surface area (Å²) in [6.07, 6.45) is 2.76. The summed E-state index contributed by atoms with van der Waals surface area (Å²) in [5.74, 6) is 1.26. The van der Waals surface area contributed by atoms with Gasteiger partial charge in [0, 0.05) is 23.3 Å². The lowest BCUT2D eigenvalue weighted by molar-refractivity contribution is 0.802. The van der Waals surface area contributed by atoms with Crippen LogP contribution in [0.5, 0.6) is 0 Å². The van der Waals surface area contributed by atoms with Gasteiger partial charge in [-0.15, -0.1) is 35.3 Å². The molecule has 0 saturated carbocycles. The molecular formula is C18H23IN6S. The van der Waals surface area contributed by atoms with E-state index in [-0.39, 0.29) is 24.0 Å². The van der Waals surface area contributed by atoms with Gasteiger partial charge in [-0.05, 0) is 49.4 Å². The van der Waals surface area contributed by atoms with Crippen molar-refractivity contribution in [3.8, 4) is 5.82 Å². The molecule has 0 aliphatic rings. The maximum Gasteiger partial charge on any atom is 0.188 e. The van der Waals surface area contributed by atoms with Crippen molar-refractivity contribution in [3.05, 3.63) is 63.7 Å². The molecule has 26 heavy (non-hydrogen) atoms. The van der Waals surface area contributed by atoms with Crippen molar-refractivity contribution in [2.75, 3.05) is 6.54 Å². The number of hydrogen-bond donors (Lipinski definition) is 2. The van der Waals surface area contributed by atoms with Crippen LogP contribution in [0.15, 0.2) is 46.9 Å². The highest BCUT2D eigenvalue weighted by Gasteiger charge is 2.04. The van der Waals surface area contributed by atoms with Gasteiger partial charge in [0.15, 0.2) is 11.8 Å². The van der Waals surface area contributed by atoms with Crippen LogP contribution in [-0.4, -0.2) is 27.3 Å². The van der Waals surface area contributed by atoms with E-state index in [0.29, 0.717) is 12.5 Å². The highest BCUT2D eigenvalue weighted by Crippen LogP contribution is 2.11. The molecule has 0 atom stereocenters. The Morgan fingerprint density at radius 2 is 2.15 bits per heavy atom. The lowest BCUT2D eigenvalue weighted by Crippen LogP contribution is -2.33. The summed E-state index contributed by atoms with van der Waals surface area (Å²) < 4.78 is 1.84. The number of halogens is 1. The fourth-order valence-corrected chi connectivity index (χ4v) is 3.21. The second kappa shape index (κ2) is 9.67. The second-order valence-corrected chi connectivity index (χ2v) is 6.85. The van der Waals surface area contributed by atoms with E-state index in [1.54, 1.807) is 11.3 Å². The third-order valence-corrected chi connectivity index (χ3v) is 4.66. The molecule has 0 spiro atoms. The molecule has 3 aromatic rings. The van der Waals surface area contributed by atoms with E-state index in [1.807, 2.05) is 42.9 Å². The Kier molecular flexibility index (Phi) is 7.58. The first-order valence-electron chi connectivity index (χ1n) is 8.16. The normalized spacial score (nSPS) is 11.2. The third kappa shape index (κ3) is 5.53. The molecule has 0 bridgehead atoms. The molecule has 0 aliphatic carbocycles. The van der Waals surface area contributed by atoms with E-state index in [4.69, 9.17) is 5.73 Å². The zero-order valence-corrected chi connectivity index (χ0v) is 18.0. The molecule has 3 aromatic heterocycles. The van der Waals surface area contributed by atoms with Crippen LogP contribution in [0.3, 0.4) is 0 Å². The van der Waals surface area contributed by atoms with E-state index in [9.17, 15) is 0 Å². The van der Waals surface area contributed by atoms with Crippen LogP contribution < -0.4 is 11.1 Å². The highest BCUT2D eigenvalue weighted by atomic mass is 127. The van der Waals surface area contributed by atoms with Gasteiger partial charge >= 0.3 is 0 Å². The second-order valence-electron chi connectivity index (χ2n) is 5.82. The first-order chi connectivity index (χ1) is 12.1. The number of guanidine groups is 1. The van der Waals surface area contributed by atoms with Gasteiger partial charge in [0.25, 0.3) is 0 Å². The quantitative estimate of drug-likeness (QED) is 0.321. The molecule has 0 fully saturated rings. The maximum absolute atomic E-state index is 5.91. The molecule has 3 rings (SSSR count). The standard InChI is InChI=1S/C18H22N6S.HI/c1-13-10-14(2)24(23-13)17-6-5-15(11-21-17)12-22-18(19)20-8-7-16-4-3-9-25-16;/h3-6,9-11H,7-8,12H2,1-2H3,(H3,19,20,22);1H. The first-order valence-corrected chi connectivity index (χ1v) is 9.04. The fourth-order valence-electron chi connectivity index (χ4n) is 2.50. The molecule has 3 N–H and O–H groups in total. The van der Waals surface area contributed by atoms with E-state index in [1.165, 1.54) is 4.88 Å². The number of pyridine rings is 1. The maximum atomic E-state index is 5.91. The molecule has 0 radical (unpaired) electrons. The summed E-state index contributed by atoms with van der Waals surface area (Å²) in [7, 11) is 0. The van der Waals surface area contributed by atoms with Crippen LogP contribution in [0.25, 0.3) is 5.82 Å². The van der Waals surface area contributed by atoms with Crippen LogP contribution in [0, 0.1) is 13.8 Å². The van der Waals surface area contributed by atoms with Crippen molar-refractivity contribution < 1.29 is 0 Å². The largest absolute Gasteiger partial charge is 0.370 e. The monoisotopic (exact) mass is 482 g/mol. The Labute approximate surface area is 174 Å². The van der Waals surface area contributed by atoms with Gasteiger partial charge in [-0.3, -0.25) is 0 Å². The van der Waals surface area contributed by atoms with Crippen molar-refractivity contribution in [2.24, 2.45) is 10.7 Å². The number of aryl methyl sites for hydroxylation is 2. The average Bonchev–Trinajstić information content (AvgIpc) is 3.23. The summed E-state index contributed by atoms with van der Waals surface area (Å²) in [6, 6.07) is 10.2. The number of thiophene rings is 1. The van der Waals surface area contributed by atoms with Crippen molar-refractivity contribution >= 4 is 41.3 Å². The minimum absolute atomic E-state index is 0. The molecule has 0 aromatic carbocycles.